The van der Waals surface area contributed by atoms with Gasteiger partial charge in [-0.15, -0.1) is 0 Å². The maximum atomic E-state index is 14.5. The zero-order valence-corrected chi connectivity index (χ0v) is 17.0. The fraction of sp³-hybridized carbons (Fsp3) is 0. The molecule has 4 rings (SSSR count). The van der Waals surface area contributed by atoms with E-state index in [2.05, 4.69) is 0 Å². The maximum absolute atomic E-state index is 14.5. The van der Waals surface area contributed by atoms with Gasteiger partial charge in [0.15, 0.2) is 23.3 Å². The van der Waals surface area contributed by atoms with Gasteiger partial charge in [0.1, 0.15) is 0 Å². The highest BCUT2D eigenvalue weighted by atomic mass is 33.1. The van der Waals surface area contributed by atoms with Crippen molar-refractivity contribution in [2.24, 2.45) is 0 Å². The highest BCUT2D eigenvalue weighted by molar-refractivity contribution is 8.76. The summed E-state index contributed by atoms with van der Waals surface area (Å²) in [7, 11) is 1.68. The predicted octanol–water partition coefficient (Wildman–Crippen LogP) is 8.38. The van der Waals surface area contributed by atoms with Crippen molar-refractivity contribution < 1.29 is 17.6 Å². The molecule has 0 N–H and O–H groups in total. The van der Waals surface area contributed by atoms with Gasteiger partial charge in [-0.05, 0) is 44.8 Å². The molecule has 0 fully saturated rings. The van der Waals surface area contributed by atoms with Crippen LogP contribution in [0.15, 0.2) is 94.7 Å². The third kappa shape index (κ3) is 4.11. The molecule has 0 aliphatic heterocycles. The van der Waals surface area contributed by atoms with Crippen LogP contribution in [0.5, 0.6) is 0 Å². The van der Waals surface area contributed by atoms with Crippen LogP contribution in [0.4, 0.5) is 17.6 Å². The highest BCUT2D eigenvalue weighted by Crippen LogP contribution is 2.43. The van der Waals surface area contributed by atoms with E-state index in [9.17, 15) is 17.6 Å². The summed E-state index contributed by atoms with van der Waals surface area (Å²) in [4.78, 5) is 0.00764. The van der Waals surface area contributed by atoms with Crippen LogP contribution in [0, 0.1) is 23.3 Å². The molecule has 0 nitrogen and oxygen atoms in total. The second-order valence-corrected chi connectivity index (χ2v) is 8.59. The Balaban J connectivity index is 1.57. The fourth-order valence-corrected chi connectivity index (χ4v) is 5.03. The Morgan fingerprint density at radius 1 is 0.400 bits per heavy atom. The first-order valence-corrected chi connectivity index (χ1v) is 11.1. The van der Waals surface area contributed by atoms with E-state index in [0.29, 0.717) is 11.1 Å². The molecule has 30 heavy (non-hydrogen) atoms. The number of benzene rings is 4. The molecular weight excluding hydrogens is 428 g/mol. The lowest BCUT2D eigenvalue weighted by molar-refractivity contribution is 0.494. The van der Waals surface area contributed by atoms with Crippen LogP contribution in [0.2, 0.25) is 0 Å². The summed E-state index contributed by atoms with van der Waals surface area (Å²) in [5.74, 6) is -3.98. The van der Waals surface area contributed by atoms with Crippen LogP contribution in [0.25, 0.3) is 22.3 Å². The van der Waals surface area contributed by atoms with Gasteiger partial charge in [0.05, 0.1) is 9.79 Å². The largest absolute Gasteiger partial charge is 0.203 e. The first-order valence-electron chi connectivity index (χ1n) is 8.97. The van der Waals surface area contributed by atoms with Crippen molar-refractivity contribution in [3.63, 3.8) is 0 Å². The van der Waals surface area contributed by atoms with Gasteiger partial charge in [0.25, 0.3) is 0 Å². The molecule has 0 saturated heterocycles. The quantitative estimate of drug-likeness (QED) is 0.225. The Bertz CT molecular complexity index is 1080. The van der Waals surface area contributed by atoms with Crippen molar-refractivity contribution in [3.05, 3.63) is 108 Å². The molecule has 0 aromatic heterocycles. The second-order valence-electron chi connectivity index (χ2n) is 6.38. The normalized spacial score (nSPS) is 10.9. The van der Waals surface area contributed by atoms with Crippen LogP contribution in [0.1, 0.15) is 0 Å². The molecule has 0 saturated carbocycles. The maximum Gasteiger partial charge on any atom is 0.173 e. The standard InChI is InChI=1S/C24H14F4S2/c25-21-17(15-7-3-1-4-8-15)11-13-19(23(21)27)29-30-20-14-12-18(22(26)24(20)28)16-9-5-2-6-10-16/h1-14H. The molecule has 0 aliphatic rings. The molecule has 0 unspecified atom stereocenters. The molecule has 150 valence electrons. The lowest BCUT2D eigenvalue weighted by Gasteiger charge is -2.10. The molecular formula is C24H14F4S2. The number of halogens is 4. The van der Waals surface area contributed by atoms with Gasteiger partial charge >= 0.3 is 0 Å². The van der Waals surface area contributed by atoms with Crippen molar-refractivity contribution in [3.8, 4) is 22.3 Å². The van der Waals surface area contributed by atoms with Gasteiger partial charge in [0, 0.05) is 11.1 Å². The molecule has 0 amide bonds. The summed E-state index contributed by atoms with van der Waals surface area (Å²) in [6.07, 6.45) is 0. The summed E-state index contributed by atoms with van der Waals surface area (Å²) < 4.78 is 58.1. The molecule has 0 heterocycles. The van der Waals surface area contributed by atoms with Crippen LogP contribution < -0.4 is 0 Å². The van der Waals surface area contributed by atoms with Crippen LogP contribution in [-0.2, 0) is 0 Å². The molecule has 6 heteroatoms. The van der Waals surface area contributed by atoms with E-state index < -0.39 is 23.3 Å². The Kier molecular flexibility index (Phi) is 6.16. The third-order valence-corrected chi connectivity index (χ3v) is 6.88. The Morgan fingerprint density at radius 2 is 0.767 bits per heavy atom. The number of hydrogen-bond acceptors (Lipinski definition) is 2. The SMILES string of the molecule is Fc1c(SSc2ccc(-c3ccccc3)c(F)c2F)ccc(-c2ccccc2)c1F. The van der Waals surface area contributed by atoms with Crippen molar-refractivity contribution in [1.82, 2.24) is 0 Å². The lowest BCUT2D eigenvalue weighted by atomic mass is 10.1. The van der Waals surface area contributed by atoms with E-state index in [0.717, 1.165) is 21.6 Å². The predicted molar refractivity (Wildman–Crippen MR) is 115 cm³/mol. The van der Waals surface area contributed by atoms with Crippen LogP contribution in [-0.4, -0.2) is 0 Å². The zero-order valence-electron chi connectivity index (χ0n) is 15.4. The van der Waals surface area contributed by atoms with Crippen molar-refractivity contribution in [1.29, 1.82) is 0 Å². The average molecular weight is 443 g/mol. The zero-order chi connectivity index (χ0) is 21.1. The number of hydrogen-bond donors (Lipinski definition) is 0. The molecule has 0 radical (unpaired) electrons. The molecule has 4 aromatic carbocycles. The first kappa shape index (κ1) is 20.6. The molecule has 0 atom stereocenters. The summed E-state index contributed by atoms with van der Waals surface area (Å²) in [5, 5.41) is 0. The minimum absolute atomic E-state index is 0.00382. The van der Waals surface area contributed by atoms with Crippen LogP contribution in [0.3, 0.4) is 0 Å². The van der Waals surface area contributed by atoms with Crippen LogP contribution >= 0.6 is 21.6 Å². The van der Waals surface area contributed by atoms with E-state index in [1.165, 1.54) is 24.3 Å². The minimum Gasteiger partial charge on any atom is -0.203 e. The second kappa shape index (κ2) is 8.98. The molecule has 0 aliphatic carbocycles. The van der Waals surface area contributed by atoms with Gasteiger partial charge in [-0.2, -0.15) is 0 Å². The van der Waals surface area contributed by atoms with Gasteiger partial charge in [-0.3, -0.25) is 0 Å². The highest BCUT2D eigenvalue weighted by Gasteiger charge is 2.18. The number of rotatable bonds is 5. The Hall–Kier alpha value is -2.70. The van der Waals surface area contributed by atoms with Gasteiger partial charge in [-0.25, -0.2) is 17.6 Å². The van der Waals surface area contributed by atoms with Crippen molar-refractivity contribution in [2.75, 3.05) is 0 Å². The topological polar surface area (TPSA) is 0 Å². The smallest absolute Gasteiger partial charge is 0.173 e. The summed E-state index contributed by atoms with van der Waals surface area (Å²) >= 11 is 0. The van der Waals surface area contributed by atoms with E-state index >= 15 is 0 Å². The first-order chi connectivity index (χ1) is 14.6. The van der Waals surface area contributed by atoms with Gasteiger partial charge in [0.2, 0.25) is 0 Å². The van der Waals surface area contributed by atoms with Crippen molar-refractivity contribution in [2.45, 2.75) is 9.79 Å². The summed E-state index contributed by atoms with van der Waals surface area (Å²) in [5.41, 5.74) is 1.41. The van der Waals surface area contributed by atoms with E-state index in [4.69, 9.17) is 0 Å². The Morgan fingerprint density at radius 3 is 1.13 bits per heavy atom. The van der Waals surface area contributed by atoms with Crippen molar-refractivity contribution >= 4 is 21.6 Å². The summed E-state index contributed by atoms with van der Waals surface area (Å²) in [6.45, 7) is 0. The van der Waals surface area contributed by atoms with Gasteiger partial charge in [-0.1, -0.05) is 72.8 Å². The Labute approximate surface area is 179 Å². The lowest BCUT2D eigenvalue weighted by Crippen LogP contribution is -1.93. The molecule has 4 aromatic rings. The van der Waals surface area contributed by atoms with E-state index in [1.54, 1.807) is 60.7 Å². The van der Waals surface area contributed by atoms with E-state index in [1.807, 2.05) is 0 Å². The average Bonchev–Trinajstić information content (AvgIpc) is 2.78. The summed E-state index contributed by atoms with van der Waals surface area (Å²) in [6, 6.07) is 23.1. The molecule has 0 bridgehead atoms. The minimum atomic E-state index is -1.02. The third-order valence-electron chi connectivity index (χ3n) is 4.48. The molecule has 0 spiro atoms. The fourth-order valence-electron chi connectivity index (χ4n) is 2.96. The van der Waals surface area contributed by atoms with E-state index in [-0.39, 0.29) is 20.9 Å². The monoisotopic (exact) mass is 442 g/mol. The van der Waals surface area contributed by atoms with Gasteiger partial charge < -0.3 is 0 Å².